The standard InChI is InChI=1S/C12H10.C3H4N2.BrH/c1-3-7-11(8-4-1)12-9-5-2-6-10-12;1-2-5-3-4-1;/h1-10H;1-3H,(H,4,5);1H. The number of H-pyrrole nitrogens is 1. The fraction of sp³-hybridized carbons (Fsp3) is 0. The minimum Gasteiger partial charge on any atom is -0.351 e. The van der Waals surface area contributed by atoms with Crippen molar-refractivity contribution in [1.29, 1.82) is 0 Å². The molecule has 0 bridgehead atoms. The maximum atomic E-state index is 3.67. The molecule has 0 spiro atoms. The lowest BCUT2D eigenvalue weighted by Crippen LogP contribution is -1.73. The van der Waals surface area contributed by atoms with Gasteiger partial charge >= 0.3 is 0 Å². The molecule has 0 radical (unpaired) electrons. The van der Waals surface area contributed by atoms with Crippen LogP contribution in [0.4, 0.5) is 0 Å². The van der Waals surface area contributed by atoms with Gasteiger partial charge in [-0.2, -0.15) is 0 Å². The molecule has 0 aliphatic heterocycles. The summed E-state index contributed by atoms with van der Waals surface area (Å²) in [4.78, 5) is 6.42. The van der Waals surface area contributed by atoms with E-state index in [1.807, 2.05) is 12.1 Å². The molecule has 1 heterocycles. The van der Waals surface area contributed by atoms with Crippen molar-refractivity contribution >= 4 is 17.0 Å². The van der Waals surface area contributed by atoms with Crippen LogP contribution in [0.1, 0.15) is 0 Å². The Bertz CT molecular complexity index is 452. The van der Waals surface area contributed by atoms with Crippen LogP contribution in [0.5, 0.6) is 0 Å². The SMILES string of the molecule is Br.c1c[nH]cn1.c1ccc(-c2ccccc2)cc1. The fourth-order valence-corrected chi connectivity index (χ4v) is 1.48. The predicted molar refractivity (Wildman–Crippen MR) is 80.8 cm³/mol. The van der Waals surface area contributed by atoms with Gasteiger partial charge in [-0.3, -0.25) is 0 Å². The van der Waals surface area contributed by atoms with Crippen LogP contribution in [0.25, 0.3) is 11.1 Å². The Morgan fingerprint density at radius 1 is 0.722 bits per heavy atom. The van der Waals surface area contributed by atoms with E-state index in [0.717, 1.165) is 0 Å². The summed E-state index contributed by atoms with van der Waals surface area (Å²) >= 11 is 0. The Kier molecular flexibility index (Phi) is 6.51. The van der Waals surface area contributed by atoms with E-state index in [1.165, 1.54) is 11.1 Å². The number of benzene rings is 2. The number of imidazole rings is 1. The lowest BCUT2D eigenvalue weighted by Gasteiger charge is -1.98. The highest BCUT2D eigenvalue weighted by molar-refractivity contribution is 8.93. The number of hydrogen-bond donors (Lipinski definition) is 1. The van der Waals surface area contributed by atoms with E-state index in [9.17, 15) is 0 Å². The monoisotopic (exact) mass is 302 g/mol. The zero-order valence-electron chi connectivity index (χ0n) is 9.86. The smallest absolute Gasteiger partial charge is 0.0919 e. The largest absolute Gasteiger partial charge is 0.351 e. The first kappa shape index (κ1) is 14.2. The van der Waals surface area contributed by atoms with Gasteiger partial charge in [-0.05, 0) is 11.1 Å². The van der Waals surface area contributed by atoms with Crippen molar-refractivity contribution in [2.75, 3.05) is 0 Å². The van der Waals surface area contributed by atoms with Crippen molar-refractivity contribution in [3.63, 3.8) is 0 Å². The van der Waals surface area contributed by atoms with Crippen molar-refractivity contribution in [2.45, 2.75) is 0 Å². The molecule has 3 aromatic rings. The summed E-state index contributed by atoms with van der Waals surface area (Å²) in [5, 5.41) is 0. The van der Waals surface area contributed by atoms with Crippen LogP contribution >= 0.6 is 17.0 Å². The molecular weight excluding hydrogens is 288 g/mol. The molecule has 2 aromatic carbocycles. The number of rotatable bonds is 1. The molecule has 0 saturated heterocycles. The maximum Gasteiger partial charge on any atom is 0.0919 e. The van der Waals surface area contributed by atoms with Gasteiger partial charge in [-0.1, -0.05) is 60.7 Å². The topological polar surface area (TPSA) is 28.7 Å². The second-order valence-corrected chi connectivity index (χ2v) is 3.49. The van der Waals surface area contributed by atoms with E-state index in [4.69, 9.17) is 0 Å². The van der Waals surface area contributed by atoms with Crippen LogP contribution in [-0.2, 0) is 0 Å². The van der Waals surface area contributed by atoms with Gasteiger partial charge in [0.05, 0.1) is 6.33 Å². The Morgan fingerprint density at radius 2 is 1.22 bits per heavy atom. The zero-order valence-corrected chi connectivity index (χ0v) is 11.6. The summed E-state index contributed by atoms with van der Waals surface area (Å²) in [6.45, 7) is 0. The highest BCUT2D eigenvalue weighted by Gasteiger charge is 1.91. The first-order valence-electron chi connectivity index (χ1n) is 5.50. The second-order valence-electron chi connectivity index (χ2n) is 3.49. The summed E-state index contributed by atoms with van der Waals surface area (Å²) in [7, 11) is 0. The summed E-state index contributed by atoms with van der Waals surface area (Å²) in [6, 6.07) is 20.8. The number of nitrogens with zero attached hydrogens (tertiary/aromatic N) is 1. The second kappa shape index (κ2) is 8.25. The lowest BCUT2D eigenvalue weighted by atomic mass is 10.1. The fourth-order valence-electron chi connectivity index (χ4n) is 1.48. The highest BCUT2D eigenvalue weighted by atomic mass is 79.9. The molecule has 3 heteroatoms. The molecule has 0 aliphatic rings. The average molecular weight is 303 g/mol. The van der Waals surface area contributed by atoms with E-state index >= 15 is 0 Å². The van der Waals surface area contributed by atoms with Gasteiger partial charge < -0.3 is 4.98 Å². The first-order chi connectivity index (χ1) is 8.47. The van der Waals surface area contributed by atoms with E-state index in [-0.39, 0.29) is 17.0 Å². The van der Waals surface area contributed by atoms with Crippen molar-refractivity contribution in [3.05, 3.63) is 79.4 Å². The molecule has 1 N–H and O–H groups in total. The molecular formula is C15H15BrN2. The van der Waals surface area contributed by atoms with Crippen LogP contribution < -0.4 is 0 Å². The van der Waals surface area contributed by atoms with Gasteiger partial charge in [0.15, 0.2) is 0 Å². The summed E-state index contributed by atoms with van der Waals surface area (Å²) < 4.78 is 0. The van der Waals surface area contributed by atoms with Crippen LogP contribution in [0.2, 0.25) is 0 Å². The van der Waals surface area contributed by atoms with Gasteiger partial charge in [0, 0.05) is 12.4 Å². The van der Waals surface area contributed by atoms with Gasteiger partial charge in [0.2, 0.25) is 0 Å². The summed E-state index contributed by atoms with van der Waals surface area (Å²) in [5.74, 6) is 0. The predicted octanol–water partition coefficient (Wildman–Crippen LogP) is 4.34. The van der Waals surface area contributed by atoms with Crippen molar-refractivity contribution < 1.29 is 0 Å². The quantitative estimate of drug-likeness (QED) is 0.711. The normalized spacial score (nSPS) is 8.67. The lowest BCUT2D eigenvalue weighted by molar-refractivity contribution is 1.31. The number of nitrogens with one attached hydrogen (secondary N) is 1. The molecule has 0 amide bonds. The molecule has 0 atom stereocenters. The number of halogens is 1. The average Bonchev–Trinajstić information content (AvgIpc) is 3.00. The third-order valence-corrected chi connectivity index (χ3v) is 2.29. The Labute approximate surface area is 117 Å². The van der Waals surface area contributed by atoms with E-state index in [1.54, 1.807) is 18.7 Å². The van der Waals surface area contributed by atoms with Gasteiger partial charge in [0.25, 0.3) is 0 Å². The third kappa shape index (κ3) is 4.55. The third-order valence-electron chi connectivity index (χ3n) is 2.29. The molecule has 0 saturated carbocycles. The Hall–Kier alpha value is -1.87. The molecule has 0 unspecified atom stereocenters. The number of hydrogen-bond acceptors (Lipinski definition) is 1. The van der Waals surface area contributed by atoms with Crippen molar-refractivity contribution in [1.82, 2.24) is 9.97 Å². The van der Waals surface area contributed by atoms with Crippen LogP contribution in [0.3, 0.4) is 0 Å². The van der Waals surface area contributed by atoms with Crippen molar-refractivity contribution in [3.8, 4) is 11.1 Å². The molecule has 2 nitrogen and oxygen atoms in total. The first-order valence-corrected chi connectivity index (χ1v) is 5.50. The highest BCUT2D eigenvalue weighted by Crippen LogP contribution is 2.17. The van der Waals surface area contributed by atoms with E-state index < -0.39 is 0 Å². The minimum absolute atomic E-state index is 0. The van der Waals surface area contributed by atoms with Crippen LogP contribution in [-0.4, -0.2) is 9.97 Å². The van der Waals surface area contributed by atoms with Gasteiger partial charge in [-0.25, -0.2) is 4.98 Å². The number of aromatic nitrogens is 2. The Morgan fingerprint density at radius 3 is 1.50 bits per heavy atom. The molecule has 0 aliphatic carbocycles. The van der Waals surface area contributed by atoms with Crippen molar-refractivity contribution in [2.24, 2.45) is 0 Å². The summed E-state index contributed by atoms with van der Waals surface area (Å²) in [6.07, 6.45) is 5.08. The Balaban J connectivity index is 0.000000230. The zero-order chi connectivity index (χ0) is 11.8. The van der Waals surface area contributed by atoms with E-state index in [2.05, 4.69) is 58.5 Å². The van der Waals surface area contributed by atoms with Crippen LogP contribution in [0, 0.1) is 0 Å². The summed E-state index contributed by atoms with van der Waals surface area (Å²) in [5.41, 5.74) is 2.55. The number of aromatic amines is 1. The minimum atomic E-state index is 0. The molecule has 1 aromatic heterocycles. The van der Waals surface area contributed by atoms with Gasteiger partial charge in [-0.15, -0.1) is 17.0 Å². The van der Waals surface area contributed by atoms with E-state index in [0.29, 0.717) is 0 Å². The molecule has 92 valence electrons. The molecule has 0 fully saturated rings. The molecule has 3 rings (SSSR count). The van der Waals surface area contributed by atoms with Gasteiger partial charge in [0.1, 0.15) is 0 Å². The van der Waals surface area contributed by atoms with Crippen LogP contribution in [0.15, 0.2) is 79.4 Å². The maximum absolute atomic E-state index is 3.67. The molecule has 18 heavy (non-hydrogen) atoms.